The molecule has 0 bridgehead atoms. The monoisotopic (exact) mass is 344 g/mol. The van der Waals surface area contributed by atoms with E-state index in [0.29, 0.717) is 18.4 Å². The second kappa shape index (κ2) is 5.62. The number of carbonyl (C=O) groups is 1. The Balaban J connectivity index is 1.91. The van der Waals surface area contributed by atoms with E-state index < -0.39 is 11.5 Å². The Hall–Kier alpha value is -1.82. The molecule has 0 aromatic carbocycles. The molecule has 1 N–H and O–H groups in total. The lowest BCUT2D eigenvalue weighted by Gasteiger charge is -2.39. The number of rotatable bonds is 2. The average Bonchev–Trinajstić information content (AvgIpc) is 3.00. The maximum Gasteiger partial charge on any atom is 0.255 e. The summed E-state index contributed by atoms with van der Waals surface area (Å²) in [5.74, 6) is 0.559. The van der Waals surface area contributed by atoms with Crippen molar-refractivity contribution in [1.29, 1.82) is 0 Å². The molecule has 2 heterocycles. The molecule has 0 saturated heterocycles. The van der Waals surface area contributed by atoms with Gasteiger partial charge in [-0.25, -0.2) is 0 Å². The van der Waals surface area contributed by atoms with Crippen LogP contribution in [0.2, 0.25) is 0 Å². The van der Waals surface area contributed by atoms with Crippen LogP contribution in [0.5, 0.6) is 0 Å². The minimum Gasteiger partial charge on any atom is -0.361 e. The zero-order valence-corrected chi connectivity index (χ0v) is 14.4. The first-order valence-corrected chi connectivity index (χ1v) is 9.40. The number of nitro groups is 1. The number of thioether (sulfide) groups is 1. The van der Waals surface area contributed by atoms with Gasteiger partial charge in [-0.15, -0.1) is 11.8 Å². The second-order valence-corrected chi connectivity index (χ2v) is 8.10. The number of allylic oxidation sites excluding steroid dienone is 4. The van der Waals surface area contributed by atoms with E-state index in [2.05, 4.69) is 5.32 Å². The minimum atomic E-state index is -1.24. The zero-order chi connectivity index (χ0) is 16.9. The van der Waals surface area contributed by atoms with Gasteiger partial charge < -0.3 is 5.32 Å². The molecule has 0 spiro atoms. The van der Waals surface area contributed by atoms with Gasteiger partial charge in [-0.2, -0.15) is 0 Å². The number of dihydropyridines is 1. The lowest BCUT2D eigenvalue weighted by atomic mass is 9.68. The molecule has 0 aromatic heterocycles. The fraction of sp³-hybridized carbons (Fsp3) is 0.500. The summed E-state index contributed by atoms with van der Waals surface area (Å²) in [4.78, 5) is 25.8. The van der Waals surface area contributed by atoms with Crippen molar-refractivity contribution < 1.29 is 9.72 Å². The van der Waals surface area contributed by atoms with E-state index in [1.807, 2.05) is 13.0 Å². The van der Waals surface area contributed by atoms with Crippen molar-refractivity contribution >= 4 is 17.5 Å². The van der Waals surface area contributed by atoms with Crippen molar-refractivity contribution in [2.45, 2.75) is 44.6 Å². The van der Waals surface area contributed by atoms with Gasteiger partial charge >= 0.3 is 0 Å². The first-order chi connectivity index (χ1) is 11.5. The fourth-order valence-corrected chi connectivity index (χ4v) is 5.69. The molecule has 6 heteroatoms. The van der Waals surface area contributed by atoms with Crippen molar-refractivity contribution in [1.82, 2.24) is 5.32 Å². The molecule has 0 radical (unpaired) electrons. The fourth-order valence-electron chi connectivity index (χ4n) is 4.35. The van der Waals surface area contributed by atoms with Gasteiger partial charge in [0.2, 0.25) is 0 Å². The molecule has 2 unspecified atom stereocenters. The van der Waals surface area contributed by atoms with E-state index in [9.17, 15) is 14.9 Å². The van der Waals surface area contributed by atoms with Crippen LogP contribution in [0.15, 0.2) is 45.7 Å². The highest BCUT2D eigenvalue weighted by Crippen LogP contribution is 2.52. The molecular formula is C18H20N2O3S. The Morgan fingerprint density at radius 1 is 1.33 bits per heavy atom. The van der Waals surface area contributed by atoms with Crippen LogP contribution in [-0.4, -0.2) is 22.0 Å². The molecule has 0 aromatic rings. The Kier molecular flexibility index (Phi) is 3.67. The Morgan fingerprint density at radius 2 is 2.17 bits per heavy atom. The molecule has 0 amide bonds. The topological polar surface area (TPSA) is 72.2 Å². The molecule has 2 aliphatic heterocycles. The Bertz CT molecular complexity index is 762. The van der Waals surface area contributed by atoms with Crippen molar-refractivity contribution in [2.75, 3.05) is 5.75 Å². The molecule has 5 nitrogen and oxygen atoms in total. The maximum absolute atomic E-state index is 12.7. The molecule has 126 valence electrons. The van der Waals surface area contributed by atoms with Gasteiger partial charge in [-0.1, -0.05) is 17.7 Å². The normalized spacial score (nSPS) is 32.3. The second-order valence-electron chi connectivity index (χ2n) is 6.97. The lowest BCUT2D eigenvalue weighted by Crippen LogP contribution is -2.50. The highest BCUT2D eigenvalue weighted by Gasteiger charge is 2.56. The molecule has 4 aliphatic rings. The largest absolute Gasteiger partial charge is 0.361 e. The summed E-state index contributed by atoms with van der Waals surface area (Å²) in [6.45, 7) is 1.93. The predicted molar refractivity (Wildman–Crippen MR) is 93.9 cm³/mol. The van der Waals surface area contributed by atoms with Gasteiger partial charge in [-0.05, 0) is 32.3 Å². The van der Waals surface area contributed by atoms with Crippen LogP contribution in [0, 0.1) is 16.0 Å². The van der Waals surface area contributed by atoms with E-state index in [4.69, 9.17) is 0 Å². The van der Waals surface area contributed by atoms with Crippen LogP contribution >= 0.6 is 11.8 Å². The highest BCUT2D eigenvalue weighted by atomic mass is 32.2. The summed E-state index contributed by atoms with van der Waals surface area (Å²) < 4.78 is 0. The SMILES string of the molecule is CC1=CC=CC(C2C3=C(CCS3)NC3=C2C(=O)CCC3)([N+](=O)[O-])C1. The van der Waals surface area contributed by atoms with Gasteiger partial charge in [0.05, 0.1) is 5.92 Å². The third-order valence-corrected chi connectivity index (χ3v) is 6.58. The number of hydrogen-bond donors (Lipinski definition) is 1. The van der Waals surface area contributed by atoms with Gasteiger partial charge in [0.15, 0.2) is 5.78 Å². The number of Topliss-reactive ketones (excluding diaryl/α,β-unsaturated/α-hetero) is 1. The number of nitrogens with one attached hydrogen (secondary N) is 1. The summed E-state index contributed by atoms with van der Waals surface area (Å²) in [5.41, 5.74) is 2.44. The van der Waals surface area contributed by atoms with Crippen molar-refractivity contribution in [3.8, 4) is 0 Å². The summed E-state index contributed by atoms with van der Waals surface area (Å²) in [5, 5.41) is 15.7. The molecule has 0 fully saturated rings. The van der Waals surface area contributed by atoms with Crippen LogP contribution in [0.4, 0.5) is 0 Å². The average molecular weight is 344 g/mol. The molecule has 24 heavy (non-hydrogen) atoms. The van der Waals surface area contributed by atoms with Crippen LogP contribution in [0.1, 0.15) is 39.0 Å². The summed E-state index contributed by atoms with van der Waals surface area (Å²) in [6.07, 6.45) is 8.83. The molecule has 2 atom stereocenters. The molecule has 0 saturated carbocycles. The smallest absolute Gasteiger partial charge is 0.255 e. The summed E-state index contributed by atoms with van der Waals surface area (Å²) >= 11 is 1.68. The van der Waals surface area contributed by atoms with E-state index >= 15 is 0 Å². The number of nitrogens with zero attached hydrogens (tertiary/aromatic N) is 1. The Morgan fingerprint density at radius 3 is 2.92 bits per heavy atom. The zero-order valence-electron chi connectivity index (χ0n) is 13.6. The van der Waals surface area contributed by atoms with Gasteiger partial charge in [-0.3, -0.25) is 14.9 Å². The van der Waals surface area contributed by atoms with Crippen LogP contribution in [-0.2, 0) is 4.79 Å². The standard InChI is InChI=1S/C18H20N2O3S/c1-11-4-3-8-18(10-11,20(22)23)16-15-12(5-2-6-14(15)21)19-13-7-9-24-17(13)16/h3-4,8,16,19H,2,5-7,9-10H2,1H3. The maximum atomic E-state index is 12.7. The molecule has 4 rings (SSSR count). The summed E-state index contributed by atoms with van der Waals surface area (Å²) in [7, 11) is 0. The lowest BCUT2D eigenvalue weighted by molar-refractivity contribution is -0.561. The van der Waals surface area contributed by atoms with E-state index in [1.165, 1.54) is 0 Å². The highest BCUT2D eigenvalue weighted by molar-refractivity contribution is 8.03. The minimum absolute atomic E-state index is 0.0784. The van der Waals surface area contributed by atoms with E-state index in [0.717, 1.165) is 46.9 Å². The third kappa shape index (κ3) is 2.19. The summed E-state index contributed by atoms with van der Waals surface area (Å²) in [6, 6.07) is 0. The van der Waals surface area contributed by atoms with Crippen LogP contribution in [0.3, 0.4) is 0 Å². The van der Waals surface area contributed by atoms with Crippen LogP contribution < -0.4 is 5.32 Å². The van der Waals surface area contributed by atoms with Gasteiger partial charge in [0.25, 0.3) is 5.54 Å². The number of carbonyl (C=O) groups excluding carboxylic acids is 1. The molecular weight excluding hydrogens is 324 g/mol. The van der Waals surface area contributed by atoms with E-state index in [-0.39, 0.29) is 10.7 Å². The van der Waals surface area contributed by atoms with Gasteiger partial charge in [0.1, 0.15) is 0 Å². The van der Waals surface area contributed by atoms with E-state index in [1.54, 1.807) is 23.9 Å². The first-order valence-electron chi connectivity index (χ1n) is 8.41. The third-order valence-electron chi connectivity index (χ3n) is 5.38. The van der Waals surface area contributed by atoms with Crippen molar-refractivity contribution in [3.05, 3.63) is 55.8 Å². The van der Waals surface area contributed by atoms with Crippen molar-refractivity contribution in [2.24, 2.45) is 5.92 Å². The number of ketones is 1. The number of hydrogen-bond acceptors (Lipinski definition) is 5. The van der Waals surface area contributed by atoms with Gasteiger partial charge in [0, 0.05) is 45.4 Å². The first kappa shape index (κ1) is 15.7. The predicted octanol–water partition coefficient (Wildman–Crippen LogP) is 3.48. The van der Waals surface area contributed by atoms with Crippen molar-refractivity contribution in [3.63, 3.8) is 0 Å². The quantitative estimate of drug-likeness (QED) is 0.613. The van der Waals surface area contributed by atoms with Crippen LogP contribution in [0.25, 0.3) is 0 Å². The molecule has 2 aliphatic carbocycles. The Labute approximate surface area is 145 Å².